The van der Waals surface area contributed by atoms with Crippen molar-refractivity contribution in [3.8, 4) is 5.75 Å². The van der Waals surface area contributed by atoms with Gasteiger partial charge >= 0.3 is 0 Å². The van der Waals surface area contributed by atoms with Crippen LogP contribution in [0.4, 0.5) is 0 Å². The summed E-state index contributed by atoms with van der Waals surface area (Å²) in [6.07, 6.45) is 3.65. The second-order valence-corrected chi connectivity index (χ2v) is 5.68. The Labute approximate surface area is 112 Å². The maximum atomic E-state index is 10.1. The summed E-state index contributed by atoms with van der Waals surface area (Å²) in [7, 11) is 0. The van der Waals surface area contributed by atoms with E-state index in [1.807, 2.05) is 12.1 Å². The predicted molar refractivity (Wildman–Crippen MR) is 68.4 cm³/mol. The zero-order valence-corrected chi connectivity index (χ0v) is 10.8. The Bertz CT molecular complexity index is 487. The molecule has 0 radical (unpaired) electrons. The number of phenols is 1. The third-order valence-corrected chi connectivity index (χ3v) is 4.02. The molecule has 0 spiro atoms. The van der Waals surface area contributed by atoms with E-state index in [1.54, 1.807) is 0 Å². The fraction of sp³-hybridized carbons (Fsp3) is 0.600. The van der Waals surface area contributed by atoms with Gasteiger partial charge < -0.3 is 19.3 Å². The van der Waals surface area contributed by atoms with Crippen LogP contribution in [0.15, 0.2) is 12.1 Å². The molecule has 3 unspecified atom stereocenters. The molecule has 1 aromatic carbocycles. The van der Waals surface area contributed by atoms with Gasteiger partial charge in [-0.05, 0) is 17.2 Å². The molecule has 1 aromatic rings. The van der Waals surface area contributed by atoms with Gasteiger partial charge in [-0.1, -0.05) is 6.07 Å². The lowest BCUT2D eigenvalue weighted by Gasteiger charge is -2.15. The number of hydrogen-bond acceptors (Lipinski definition) is 4. The summed E-state index contributed by atoms with van der Waals surface area (Å²) in [5.41, 5.74) is 3.61. The zero-order chi connectivity index (χ0) is 12.8. The van der Waals surface area contributed by atoms with Crippen molar-refractivity contribution in [3.63, 3.8) is 0 Å². The van der Waals surface area contributed by atoms with Gasteiger partial charge in [0.15, 0.2) is 0 Å². The third kappa shape index (κ3) is 2.76. The van der Waals surface area contributed by atoms with Gasteiger partial charge in [-0.15, -0.1) is 0 Å². The van der Waals surface area contributed by atoms with E-state index >= 15 is 0 Å². The number of aromatic hydroxyl groups is 1. The predicted octanol–water partition coefficient (Wildman–Crippen LogP) is 1.22. The van der Waals surface area contributed by atoms with Gasteiger partial charge in [0.2, 0.25) is 0 Å². The molecule has 102 valence electrons. The van der Waals surface area contributed by atoms with Crippen molar-refractivity contribution in [2.24, 2.45) is 0 Å². The Kier molecular flexibility index (Phi) is 2.76. The largest absolute Gasteiger partial charge is 0.508 e. The van der Waals surface area contributed by atoms with Crippen molar-refractivity contribution in [3.05, 3.63) is 28.8 Å². The summed E-state index contributed by atoms with van der Waals surface area (Å²) in [4.78, 5) is 0. The van der Waals surface area contributed by atoms with Gasteiger partial charge in [0.25, 0.3) is 0 Å². The molecule has 0 aromatic heterocycles. The lowest BCUT2D eigenvalue weighted by molar-refractivity contribution is 0.393. The molecule has 19 heavy (non-hydrogen) atoms. The van der Waals surface area contributed by atoms with Crippen LogP contribution in [0.3, 0.4) is 0 Å². The average molecular weight is 262 g/mol. The molecule has 3 saturated heterocycles. The molecule has 1 N–H and O–H groups in total. The third-order valence-electron chi connectivity index (χ3n) is 4.02. The minimum atomic E-state index is 0.289. The van der Waals surface area contributed by atoms with Crippen molar-refractivity contribution in [1.82, 2.24) is 0 Å². The summed E-state index contributed by atoms with van der Waals surface area (Å²) >= 11 is 0. The van der Waals surface area contributed by atoms with Crippen LogP contribution >= 0.6 is 0 Å². The normalized spacial score (nSPS) is 31.3. The molecule has 3 fully saturated rings. The molecule has 0 saturated carbocycles. The number of benzene rings is 1. The monoisotopic (exact) mass is 262 g/mol. The van der Waals surface area contributed by atoms with Crippen LogP contribution in [0.5, 0.6) is 5.75 Å². The van der Waals surface area contributed by atoms with E-state index in [1.165, 1.54) is 11.1 Å². The zero-order valence-electron chi connectivity index (χ0n) is 10.8. The van der Waals surface area contributed by atoms with Crippen molar-refractivity contribution >= 4 is 0 Å². The van der Waals surface area contributed by atoms with Crippen LogP contribution in [-0.2, 0) is 33.5 Å². The molecule has 0 bridgehead atoms. The van der Waals surface area contributed by atoms with Gasteiger partial charge in [0.1, 0.15) is 5.75 Å². The van der Waals surface area contributed by atoms with Gasteiger partial charge in [-0.25, -0.2) is 0 Å². The molecule has 3 atom stereocenters. The Morgan fingerprint density at radius 3 is 1.95 bits per heavy atom. The van der Waals surface area contributed by atoms with E-state index in [0.717, 1.165) is 44.6 Å². The van der Waals surface area contributed by atoms with Crippen LogP contribution in [-0.4, -0.2) is 43.2 Å². The lowest BCUT2D eigenvalue weighted by atomic mass is 9.91. The summed E-state index contributed by atoms with van der Waals surface area (Å²) in [6, 6.07) is 3.85. The minimum absolute atomic E-state index is 0.289. The average Bonchev–Trinajstić information content (AvgIpc) is 3.24. The summed E-state index contributed by atoms with van der Waals surface area (Å²) < 4.78 is 16.0. The second-order valence-electron chi connectivity index (χ2n) is 5.68. The topological polar surface area (TPSA) is 57.8 Å². The van der Waals surface area contributed by atoms with Crippen LogP contribution < -0.4 is 0 Å². The number of hydrogen-bond donors (Lipinski definition) is 1. The Balaban J connectivity index is 1.66. The molecule has 0 aliphatic carbocycles. The van der Waals surface area contributed by atoms with Gasteiger partial charge in [-0.2, -0.15) is 0 Å². The van der Waals surface area contributed by atoms with Crippen molar-refractivity contribution in [2.45, 2.75) is 37.6 Å². The quantitative estimate of drug-likeness (QED) is 0.783. The van der Waals surface area contributed by atoms with Crippen molar-refractivity contribution in [1.29, 1.82) is 0 Å². The first-order valence-corrected chi connectivity index (χ1v) is 6.97. The molecule has 4 rings (SSSR count). The first kappa shape index (κ1) is 11.7. The first-order chi connectivity index (χ1) is 9.29. The number of phenolic OH excluding ortho intramolecular Hbond substituents is 1. The van der Waals surface area contributed by atoms with Crippen LogP contribution in [0, 0.1) is 0 Å². The molecular weight excluding hydrogens is 244 g/mol. The fourth-order valence-electron chi connectivity index (χ4n) is 2.66. The maximum Gasteiger partial charge on any atom is 0.119 e. The minimum Gasteiger partial charge on any atom is -0.508 e. The molecule has 4 heteroatoms. The summed E-state index contributed by atoms with van der Waals surface area (Å²) in [5, 5.41) is 10.1. The van der Waals surface area contributed by atoms with Gasteiger partial charge in [0.05, 0.1) is 38.1 Å². The summed E-state index contributed by atoms with van der Waals surface area (Å²) in [5.74, 6) is 0.395. The molecule has 3 aliphatic heterocycles. The molecule has 3 heterocycles. The fourth-order valence-corrected chi connectivity index (χ4v) is 2.66. The van der Waals surface area contributed by atoms with Crippen molar-refractivity contribution in [2.75, 3.05) is 19.8 Å². The highest BCUT2D eigenvalue weighted by molar-refractivity contribution is 5.46. The standard InChI is InChI=1S/C15H18O4/c16-15-2-1-9(3-10-6-17-10)13(4-11-7-18-11)14(15)5-12-8-19-12/h1-2,10-12,16H,3-8H2. The number of ether oxygens (including phenoxy) is 3. The molecule has 4 nitrogen and oxygen atoms in total. The Morgan fingerprint density at radius 1 is 0.842 bits per heavy atom. The highest BCUT2D eigenvalue weighted by atomic mass is 16.6. The Morgan fingerprint density at radius 2 is 1.37 bits per heavy atom. The molecular formula is C15H18O4. The smallest absolute Gasteiger partial charge is 0.119 e. The van der Waals surface area contributed by atoms with Crippen molar-refractivity contribution < 1.29 is 19.3 Å². The summed E-state index contributed by atoms with van der Waals surface area (Å²) in [6.45, 7) is 2.52. The first-order valence-electron chi connectivity index (χ1n) is 6.97. The SMILES string of the molecule is Oc1ccc(CC2CO2)c(CC2CO2)c1CC1CO1. The van der Waals surface area contributed by atoms with Crippen LogP contribution in [0.2, 0.25) is 0 Å². The second kappa shape index (κ2) is 4.47. The Hall–Kier alpha value is -1.10. The van der Waals surface area contributed by atoms with Crippen LogP contribution in [0.25, 0.3) is 0 Å². The molecule has 3 aliphatic rings. The van der Waals surface area contributed by atoms with E-state index in [0.29, 0.717) is 18.0 Å². The number of rotatable bonds is 6. The van der Waals surface area contributed by atoms with Crippen LogP contribution in [0.1, 0.15) is 16.7 Å². The van der Waals surface area contributed by atoms with E-state index in [2.05, 4.69) is 0 Å². The van der Waals surface area contributed by atoms with Gasteiger partial charge in [-0.3, -0.25) is 0 Å². The van der Waals surface area contributed by atoms with E-state index in [-0.39, 0.29) is 6.10 Å². The maximum absolute atomic E-state index is 10.1. The van der Waals surface area contributed by atoms with E-state index < -0.39 is 0 Å². The van der Waals surface area contributed by atoms with E-state index in [4.69, 9.17) is 14.2 Å². The highest BCUT2D eigenvalue weighted by Crippen LogP contribution is 2.33. The number of epoxide rings is 3. The molecule has 0 amide bonds. The highest BCUT2D eigenvalue weighted by Gasteiger charge is 2.31. The van der Waals surface area contributed by atoms with Gasteiger partial charge in [0, 0.05) is 24.8 Å². The lowest BCUT2D eigenvalue weighted by Crippen LogP contribution is -2.08. The van der Waals surface area contributed by atoms with E-state index in [9.17, 15) is 5.11 Å².